The van der Waals surface area contributed by atoms with Crippen molar-refractivity contribution in [3.05, 3.63) is 59.4 Å². The number of likely N-dealkylation sites (tertiary alicyclic amines) is 2. The third kappa shape index (κ3) is 4.62. The largest absolute Gasteiger partial charge is 0.483 e. The highest BCUT2D eigenvalue weighted by molar-refractivity contribution is 5.92. The van der Waals surface area contributed by atoms with Crippen LogP contribution in [-0.2, 0) is 6.54 Å². The minimum absolute atomic E-state index is 0.0214. The van der Waals surface area contributed by atoms with Crippen LogP contribution in [0.1, 0.15) is 61.1 Å². The predicted octanol–water partition coefficient (Wildman–Crippen LogP) is 4.37. The SMILES string of the molecule is CC1(C)C=Cc2cccc(CN3CCC4(CC3)CCN(C(=O)c3ccc(N)cn3)CC4)c2O1. The van der Waals surface area contributed by atoms with E-state index in [0.717, 1.165) is 51.3 Å². The van der Waals surface area contributed by atoms with Crippen molar-refractivity contribution >= 4 is 17.7 Å². The Morgan fingerprint density at radius 2 is 1.79 bits per heavy atom. The third-order valence-electron chi connectivity index (χ3n) is 7.58. The Bertz CT molecular complexity index is 1040. The summed E-state index contributed by atoms with van der Waals surface area (Å²) in [5.41, 5.74) is 9.32. The van der Waals surface area contributed by atoms with Crippen LogP contribution < -0.4 is 10.5 Å². The van der Waals surface area contributed by atoms with Crippen molar-refractivity contribution < 1.29 is 9.53 Å². The smallest absolute Gasteiger partial charge is 0.272 e. The number of para-hydroxylation sites is 1. The standard InChI is InChI=1S/C27H34N4O2/c1-26(2)9-8-20-4-3-5-21(24(20)33-26)19-30-14-10-27(11-15-30)12-16-31(17-13-27)25(32)23-7-6-22(28)18-29-23/h3-9,18H,10-17,19,28H2,1-2H3. The number of anilines is 1. The normalized spacial score (nSPS) is 21.5. The molecular weight excluding hydrogens is 412 g/mol. The molecular formula is C27H34N4O2. The lowest BCUT2D eigenvalue weighted by Crippen LogP contribution is -2.48. The lowest BCUT2D eigenvalue weighted by Gasteiger charge is -2.47. The Hall–Kier alpha value is -2.86. The Morgan fingerprint density at radius 1 is 1.06 bits per heavy atom. The summed E-state index contributed by atoms with van der Waals surface area (Å²) in [6, 6.07) is 9.93. The van der Waals surface area contributed by atoms with Gasteiger partial charge in [-0.05, 0) is 76.2 Å². The maximum atomic E-state index is 12.8. The molecule has 3 aliphatic heterocycles. The quantitative estimate of drug-likeness (QED) is 0.758. The zero-order chi connectivity index (χ0) is 23.1. The third-order valence-corrected chi connectivity index (χ3v) is 7.58. The minimum atomic E-state index is -0.262. The second kappa shape index (κ2) is 8.49. The molecule has 174 valence electrons. The van der Waals surface area contributed by atoms with E-state index in [1.807, 2.05) is 4.90 Å². The average Bonchev–Trinajstić information content (AvgIpc) is 2.81. The molecule has 0 atom stereocenters. The number of ether oxygens (including phenoxy) is 1. The van der Waals surface area contributed by atoms with Crippen LogP contribution in [0.15, 0.2) is 42.6 Å². The first kappa shape index (κ1) is 22.0. The first-order chi connectivity index (χ1) is 15.8. The van der Waals surface area contributed by atoms with Crippen LogP contribution >= 0.6 is 0 Å². The number of carbonyl (C=O) groups excluding carboxylic acids is 1. The number of piperidine rings is 2. The van der Waals surface area contributed by atoms with Gasteiger partial charge in [0.2, 0.25) is 0 Å². The summed E-state index contributed by atoms with van der Waals surface area (Å²) in [5.74, 6) is 1.06. The van der Waals surface area contributed by atoms with Gasteiger partial charge in [-0.25, -0.2) is 4.98 Å². The summed E-state index contributed by atoms with van der Waals surface area (Å²) in [5, 5.41) is 0. The number of nitrogens with two attached hydrogens (primary N) is 1. The minimum Gasteiger partial charge on any atom is -0.483 e. The number of nitrogens with zero attached hydrogens (tertiary/aromatic N) is 3. The number of fused-ring (bicyclic) bond motifs is 1. The van der Waals surface area contributed by atoms with Gasteiger partial charge >= 0.3 is 0 Å². The van der Waals surface area contributed by atoms with Gasteiger partial charge in [-0.1, -0.05) is 24.3 Å². The van der Waals surface area contributed by atoms with E-state index in [9.17, 15) is 4.79 Å². The number of hydrogen-bond donors (Lipinski definition) is 1. The molecule has 1 aromatic carbocycles. The number of aromatic nitrogens is 1. The van der Waals surface area contributed by atoms with E-state index in [1.165, 1.54) is 24.0 Å². The molecule has 0 radical (unpaired) electrons. The molecule has 5 rings (SSSR count). The van der Waals surface area contributed by atoms with Gasteiger partial charge in [0, 0.05) is 30.8 Å². The predicted molar refractivity (Wildman–Crippen MR) is 131 cm³/mol. The number of rotatable bonds is 3. The summed E-state index contributed by atoms with van der Waals surface area (Å²) >= 11 is 0. The zero-order valence-corrected chi connectivity index (χ0v) is 19.7. The van der Waals surface area contributed by atoms with E-state index in [1.54, 1.807) is 18.3 Å². The van der Waals surface area contributed by atoms with Crippen molar-refractivity contribution in [3.63, 3.8) is 0 Å². The van der Waals surface area contributed by atoms with Gasteiger partial charge < -0.3 is 15.4 Å². The van der Waals surface area contributed by atoms with Gasteiger partial charge in [0.05, 0.1) is 11.9 Å². The van der Waals surface area contributed by atoms with Crippen LogP contribution in [0, 0.1) is 5.41 Å². The van der Waals surface area contributed by atoms with Gasteiger partial charge in [-0.15, -0.1) is 0 Å². The summed E-state index contributed by atoms with van der Waals surface area (Å²) in [6.45, 7) is 8.95. The van der Waals surface area contributed by atoms with Crippen LogP contribution in [0.25, 0.3) is 6.08 Å². The highest BCUT2D eigenvalue weighted by Crippen LogP contribution is 2.42. The van der Waals surface area contributed by atoms with Crippen molar-refractivity contribution in [2.24, 2.45) is 5.41 Å². The van der Waals surface area contributed by atoms with Crippen molar-refractivity contribution in [2.75, 3.05) is 31.9 Å². The molecule has 0 unspecified atom stereocenters. The fourth-order valence-electron chi connectivity index (χ4n) is 5.38. The second-order valence-electron chi connectivity index (χ2n) is 10.4. The molecule has 1 amide bonds. The summed E-state index contributed by atoms with van der Waals surface area (Å²) < 4.78 is 6.32. The maximum absolute atomic E-state index is 12.8. The van der Waals surface area contributed by atoms with Gasteiger partial charge in [-0.2, -0.15) is 0 Å². The zero-order valence-electron chi connectivity index (χ0n) is 19.7. The molecule has 33 heavy (non-hydrogen) atoms. The molecule has 0 aliphatic carbocycles. The number of benzene rings is 1. The molecule has 0 bridgehead atoms. The fourth-order valence-corrected chi connectivity index (χ4v) is 5.38. The Balaban J connectivity index is 1.17. The molecule has 2 fully saturated rings. The van der Waals surface area contributed by atoms with Gasteiger partial charge in [0.1, 0.15) is 17.0 Å². The van der Waals surface area contributed by atoms with Crippen LogP contribution in [0.4, 0.5) is 5.69 Å². The van der Waals surface area contributed by atoms with Gasteiger partial charge in [0.25, 0.3) is 5.91 Å². The summed E-state index contributed by atoms with van der Waals surface area (Å²) in [6.07, 6.45) is 10.4. The number of pyridine rings is 1. The molecule has 4 heterocycles. The number of amides is 1. The topological polar surface area (TPSA) is 71.7 Å². The second-order valence-corrected chi connectivity index (χ2v) is 10.4. The van der Waals surface area contributed by atoms with E-state index < -0.39 is 0 Å². The van der Waals surface area contributed by atoms with Crippen LogP contribution in [0.5, 0.6) is 5.75 Å². The molecule has 2 N–H and O–H groups in total. The molecule has 1 aromatic heterocycles. The van der Waals surface area contributed by atoms with Crippen molar-refractivity contribution in [2.45, 2.75) is 51.7 Å². The van der Waals surface area contributed by atoms with E-state index in [0.29, 0.717) is 16.8 Å². The van der Waals surface area contributed by atoms with Crippen LogP contribution in [0.3, 0.4) is 0 Å². The number of carbonyl (C=O) groups is 1. The highest BCUT2D eigenvalue weighted by atomic mass is 16.5. The van der Waals surface area contributed by atoms with E-state index in [2.05, 4.69) is 54.1 Å². The summed E-state index contributed by atoms with van der Waals surface area (Å²) in [7, 11) is 0. The number of nitrogen functional groups attached to an aromatic ring is 1. The van der Waals surface area contributed by atoms with Gasteiger partial charge in [0.15, 0.2) is 0 Å². The Labute approximate surface area is 196 Å². The van der Waals surface area contributed by atoms with Crippen LogP contribution in [0.2, 0.25) is 0 Å². The molecule has 2 saturated heterocycles. The molecule has 3 aliphatic rings. The molecule has 0 saturated carbocycles. The lowest BCUT2D eigenvalue weighted by atomic mass is 9.71. The Kier molecular flexibility index (Phi) is 5.65. The first-order valence-electron chi connectivity index (χ1n) is 12.1. The maximum Gasteiger partial charge on any atom is 0.272 e. The number of hydrogen-bond acceptors (Lipinski definition) is 5. The highest BCUT2D eigenvalue weighted by Gasteiger charge is 2.39. The lowest BCUT2D eigenvalue weighted by molar-refractivity contribution is 0.0279. The fraction of sp³-hybridized carbons (Fsp3) is 0.481. The van der Waals surface area contributed by atoms with Crippen molar-refractivity contribution in [3.8, 4) is 5.75 Å². The van der Waals surface area contributed by atoms with Gasteiger partial charge in [-0.3, -0.25) is 9.69 Å². The average molecular weight is 447 g/mol. The molecule has 1 spiro atoms. The van der Waals surface area contributed by atoms with E-state index in [-0.39, 0.29) is 11.5 Å². The molecule has 6 nitrogen and oxygen atoms in total. The molecule has 6 heteroatoms. The monoisotopic (exact) mass is 446 g/mol. The van der Waals surface area contributed by atoms with E-state index in [4.69, 9.17) is 10.5 Å². The molecule has 2 aromatic rings. The first-order valence-corrected chi connectivity index (χ1v) is 12.1. The van der Waals surface area contributed by atoms with Crippen LogP contribution in [-0.4, -0.2) is 52.5 Å². The van der Waals surface area contributed by atoms with Crippen molar-refractivity contribution in [1.82, 2.24) is 14.8 Å². The Morgan fingerprint density at radius 3 is 2.48 bits per heavy atom. The summed E-state index contributed by atoms with van der Waals surface area (Å²) in [4.78, 5) is 21.5. The van der Waals surface area contributed by atoms with E-state index >= 15 is 0 Å². The van der Waals surface area contributed by atoms with Crippen molar-refractivity contribution in [1.29, 1.82) is 0 Å².